The molecule has 0 aromatic heterocycles. The van der Waals surface area contributed by atoms with Crippen LogP contribution in [0.15, 0.2) is 0 Å². The quantitative estimate of drug-likeness (QED) is 0.485. The van der Waals surface area contributed by atoms with Crippen LogP contribution in [0.5, 0.6) is 0 Å². The van der Waals surface area contributed by atoms with Crippen molar-refractivity contribution >= 4 is 45.5 Å². The van der Waals surface area contributed by atoms with Crippen LogP contribution in [0.2, 0.25) is 0 Å². The summed E-state index contributed by atoms with van der Waals surface area (Å²) in [5.74, 6) is 0. The van der Waals surface area contributed by atoms with Gasteiger partial charge in [0.05, 0.1) is 0 Å². The van der Waals surface area contributed by atoms with Gasteiger partial charge in [0.15, 0.2) is 6.29 Å². The fourth-order valence-electron chi connectivity index (χ4n) is 0.167. The van der Waals surface area contributed by atoms with Crippen molar-refractivity contribution in [3.05, 3.63) is 0 Å². The Morgan fingerprint density at radius 3 is 2.29 bits per heavy atom. The van der Waals surface area contributed by atoms with Crippen LogP contribution < -0.4 is 0 Å². The van der Waals surface area contributed by atoms with Crippen molar-refractivity contribution in [3.63, 3.8) is 0 Å². The summed E-state index contributed by atoms with van der Waals surface area (Å²) in [7, 11) is 1.48. The van der Waals surface area contributed by atoms with Crippen LogP contribution in [0.4, 0.5) is 0 Å². The van der Waals surface area contributed by atoms with Gasteiger partial charge in [-0.05, 0) is 6.42 Å². The molecule has 0 aliphatic heterocycles. The average Bonchev–Trinajstić information content (AvgIpc) is 1.65. The van der Waals surface area contributed by atoms with E-state index >= 15 is 0 Å². The second-order valence-corrected chi connectivity index (χ2v) is 1.10. The maximum atomic E-state index is 8.44. The summed E-state index contributed by atoms with van der Waals surface area (Å²) < 4.78 is 4.45. The molecule has 0 heterocycles. The molecular formula is C4H12O2Sr. The Kier molecular flexibility index (Phi) is 11.9. The van der Waals surface area contributed by atoms with E-state index < -0.39 is 6.29 Å². The van der Waals surface area contributed by atoms with Gasteiger partial charge in [-0.25, -0.2) is 0 Å². The van der Waals surface area contributed by atoms with E-state index in [1.54, 1.807) is 0 Å². The zero-order chi connectivity index (χ0) is 4.99. The van der Waals surface area contributed by atoms with Crippen LogP contribution in [0.3, 0.4) is 0 Å². The number of methoxy groups -OCH3 is 1. The number of aliphatic hydroxyl groups is 1. The molecule has 0 aliphatic carbocycles. The molecule has 7 heavy (non-hydrogen) atoms. The molecule has 0 rings (SSSR count). The molecule has 0 spiro atoms. The van der Waals surface area contributed by atoms with Gasteiger partial charge in [0, 0.05) is 7.11 Å². The van der Waals surface area contributed by atoms with Crippen molar-refractivity contribution in [2.24, 2.45) is 0 Å². The number of hydrogen-bond acceptors (Lipinski definition) is 2. The van der Waals surface area contributed by atoms with Crippen LogP contribution >= 0.6 is 0 Å². The van der Waals surface area contributed by atoms with E-state index in [2.05, 4.69) is 4.74 Å². The Morgan fingerprint density at radius 1 is 1.86 bits per heavy atom. The van der Waals surface area contributed by atoms with Gasteiger partial charge in [0.1, 0.15) is 0 Å². The second-order valence-electron chi connectivity index (χ2n) is 1.10. The normalized spacial score (nSPS) is 12.4. The van der Waals surface area contributed by atoms with Gasteiger partial charge >= 0.3 is 45.5 Å². The minimum atomic E-state index is -0.565. The van der Waals surface area contributed by atoms with Gasteiger partial charge in [-0.2, -0.15) is 0 Å². The van der Waals surface area contributed by atoms with Crippen LogP contribution in [-0.4, -0.2) is 64.0 Å². The monoisotopic (exact) mass is 180 g/mol. The summed E-state index contributed by atoms with van der Waals surface area (Å²) in [5, 5.41) is 8.44. The molecule has 2 nitrogen and oxygen atoms in total. The standard InChI is InChI=1S/C4H10O2.Sr.2H/c1-3-4(5)6-2;;;/h4-5H,3H2,1-2H3;;;/q;+2;2*-1. The van der Waals surface area contributed by atoms with Crippen molar-refractivity contribution in [1.29, 1.82) is 0 Å². The second kappa shape index (κ2) is 7.40. The summed E-state index contributed by atoms with van der Waals surface area (Å²) in [6, 6.07) is 0. The molecule has 42 valence electrons. The Bertz CT molecular complexity index is 35.7. The van der Waals surface area contributed by atoms with E-state index in [0.717, 1.165) is 0 Å². The molecule has 1 atom stereocenters. The molecule has 0 aromatic carbocycles. The number of ether oxygens (including phenoxy) is 1. The summed E-state index contributed by atoms with van der Waals surface area (Å²) in [6.45, 7) is 1.86. The molecule has 0 fully saturated rings. The van der Waals surface area contributed by atoms with E-state index in [4.69, 9.17) is 5.11 Å². The fraction of sp³-hybridized carbons (Fsp3) is 1.00. The zero-order valence-corrected chi connectivity index (χ0v) is 8.32. The van der Waals surface area contributed by atoms with E-state index in [9.17, 15) is 0 Å². The van der Waals surface area contributed by atoms with Gasteiger partial charge in [-0.15, -0.1) is 0 Å². The van der Waals surface area contributed by atoms with Crippen molar-refractivity contribution < 1.29 is 12.7 Å². The Labute approximate surface area is 84.1 Å². The number of aliphatic hydroxyl groups excluding tert-OH is 1. The summed E-state index contributed by atoms with van der Waals surface area (Å²) in [4.78, 5) is 0. The van der Waals surface area contributed by atoms with Crippen LogP contribution in [0, 0.1) is 0 Å². The third-order valence-corrected chi connectivity index (χ3v) is 0.621. The van der Waals surface area contributed by atoms with Crippen LogP contribution in [-0.2, 0) is 4.74 Å². The minimum Gasteiger partial charge on any atom is -1.00 e. The number of hydrogen-bond donors (Lipinski definition) is 1. The summed E-state index contributed by atoms with van der Waals surface area (Å²) in [6.07, 6.45) is 0.0984. The van der Waals surface area contributed by atoms with Crippen molar-refractivity contribution in [2.75, 3.05) is 7.11 Å². The third-order valence-electron chi connectivity index (χ3n) is 0.621. The first-order chi connectivity index (χ1) is 2.81. The van der Waals surface area contributed by atoms with Gasteiger partial charge in [0.2, 0.25) is 0 Å². The first-order valence-corrected chi connectivity index (χ1v) is 2.02. The first kappa shape index (κ1) is 11.2. The molecular weight excluding hydrogens is 168 g/mol. The van der Waals surface area contributed by atoms with Crippen molar-refractivity contribution in [2.45, 2.75) is 19.6 Å². The average molecular weight is 180 g/mol. The SMILES string of the molecule is CCC(O)OC.[H-].[H-].[Sr+2]. The first-order valence-electron chi connectivity index (χ1n) is 2.02. The molecule has 0 bridgehead atoms. The maximum absolute atomic E-state index is 8.44. The van der Waals surface area contributed by atoms with Crippen molar-refractivity contribution in [1.82, 2.24) is 0 Å². The summed E-state index contributed by atoms with van der Waals surface area (Å²) >= 11 is 0. The van der Waals surface area contributed by atoms with E-state index in [0.29, 0.717) is 6.42 Å². The number of rotatable bonds is 2. The van der Waals surface area contributed by atoms with Crippen molar-refractivity contribution in [3.8, 4) is 0 Å². The molecule has 0 saturated carbocycles. The molecule has 3 heteroatoms. The topological polar surface area (TPSA) is 29.5 Å². The molecule has 0 amide bonds. The van der Waals surface area contributed by atoms with E-state index in [-0.39, 0.29) is 48.3 Å². The molecule has 0 aliphatic rings. The molecule has 0 saturated heterocycles. The Hall–Kier alpha value is 1.40. The third kappa shape index (κ3) is 7.40. The van der Waals surface area contributed by atoms with Gasteiger partial charge in [0.25, 0.3) is 0 Å². The molecule has 0 radical (unpaired) electrons. The predicted octanol–water partition coefficient (Wildman–Crippen LogP) is 0.205. The zero-order valence-electron chi connectivity index (χ0n) is 6.85. The van der Waals surface area contributed by atoms with Crippen LogP contribution in [0.25, 0.3) is 0 Å². The van der Waals surface area contributed by atoms with Gasteiger partial charge in [-0.1, -0.05) is 6.92 Å². The smallest absolute Gasteiger partial charge is 1.00 e. The fourth-order valence-corrected chi connectivity index (χ4v) is 0.167. The maximum Gasteiger partial charge on any atom is 2.00 e. The largest absolute Gasteiger partial charge is 2.00 e. The summed E-state index contributed by atoms with van der Waals surface area (Å²) in [5.41, 5.74) is 0. The Balaban J connectivity index is -0.0000000417. The Morgan fingerprint density at radius 2 is 2.29 bits per heavy atom. The predicted molar refractivity (Wildman–Crippen MR) is 31.3 cm³/mol. The molecule has 0 aromatic rings. The van der Waals surface area contributed by atoms with Gasteiger partial charge in [-0.3, -0.25) is 0 Å². The van der Waals surface area contributed by atoms with E-state index in [1.807, 2.05) is 6.92 Å². The van der Waals surface area contributed by atoms with Crippen LogP contribution in [0.1, 0.15) is 16.2 Å². The van der Waals surface area contributed by atoms with Gasteiger partial charge < -0.3 is 12.7 Å². The molecule has 1 unspecified atom stereocenters. The van der Waals surface area contributed by atoms with E-state index in [1.165, 1.54) is 7.11 Å². The molecule has 1 N–H and O–H groups in total. The minimum absolute atomic E-state index is 0.